The fourth-order valence-electron chi connectivity index (χ4n) is 3.71. The highest BCUT2D eigenvalue weighted by Crippen LogP contribution is 2.33. The topological polar surface area (TPSA) is 94.8 Å². The van der Waals surface area contributed by atoms with Crippen LogP contribution in [0.2, 0.25) is 0 Å². The first-order valence-electron chi connectivity index (χ1n) is 12.1. The summed E-state index contributed by atoms with van der Waals surface area (Å²) in [6.07, 6.45) is 1.53. The van der Waals surface area contributed by atoms with E-state index < -0.39 is 11.7 Å². The molecule has 0 fully saturated rings. The molecule has 0 atom stereocenters. The largest absolute Gasteiger partial charge is 0.490 e. The predicted octanol–water partition coefficient (Wildman–Crippen LogP) is 6.48. The molecule has 0 radical (unpaired) electrons. The minimum absolute atomic E-state index is 0.0559. The van der Waals surface area contributed by atoms with Crippen LogP contribution in [-0.2, 0) is 4.79 Å². The molecule has 1 aromatic heterocycles. The van der Waals surface area contributed by atoms with E-state index in [1.54, 1.807) is 30.3 Å². The molecule has 0 saturated carbocycles. The predicted molar refractivity (Wildman–Crippen MR) is 157 cm³/mol. The van der Waals surface area contributed by atoms with Gasteiger partial charge in [-0.2, -0.15) is 9.78 Å². The number of hydrogen-bond donors (Lipinski definition) is 1. The first kappa shape index (κ1) is 28.4. The van der Waals surface area contributed by atoms with Crippen molar-refractivity contribution >= 4 is 60.6 Å². The Balaban J connectivity index is 1.61. The van der Waals surface area contributed by atoms with Gasteiger partial charge >= 0.3 is 0 Å². The third kappa shape index (κ3) is 6.90. The van der Waals surface area contributed by atoms with Gasteiger partial charge in [-0.3, -0.25) is 9.59 Å². The Bertz CT molecular complexity index is 1620. The number of fused-ring (bicyclic) bond motifs is 1. The molecule has 0 spiro atoms. The maximum atomic E-state index is 13.4. The Morgan fingerprint density at radius 3 is 2.62 bits per heavy atom. The van der Waals surface area contributed by atoms with Gasteiger partial charge in [0.15, 0.2) is 18.1 Å². The first-order valence-corrected chi connectivity index (χ1v) is 13.7. The van der Waals surface area contributed by atoms with Gasteiger partial charge in [-0.1, -0.05) is 35.8 Å². The second-order valence-electron chi connectivity index (χ2n) is 8.75. The number of amides is 1. The molecule has 4 aromatic rings. The molecule has 39 heavy (non-hydrogen) atoms. The van der Waals surface area contributed by atoms with E-state index in [1.807, 2.05) is 26.8 Å². The number of aromatic nitrogens is 2. The third-order valence-electron chi connectivity index (χ3n) is 5.49. The van der Waals surface area contributed by atoms with Gasteiger partial charge in [0.1, 0.15) is 11.6 Å². The zero-order valence-corrected chi connectivity index (χ0v) is 24.5. The molecule has 0 unspecified atom stereocenters. The Hall–Kier alpha value is -3.57. The molecule has 1 N–H and O–H groups in total. The summed E-state index contributed by atoms with van der Waals surface area (Å²) in [6.45, 7) is 5.74. The van der Waals surface area contributed by atoms with Crippen LogP contribution < -0.4 is 20.3 Å². The number of carbonyl (C=O) groups excluding carboxylic acids is 1. The van der Waals surface area contributed by atoms with Gasteiger partial charge in [0.05, 0.1) is 23.7 Å². The van der Waals surface area contributed by atoms with Crippen LogP contribution in [0.4, 0.5) is 10.1 Å². The lowest BCUT2D eigenvalue weighted by Crippen LogP contribution is -2.23. The molecule has 4 rings (SSSR count). The normalized spacial score (nSPS) is 11.4. The number of anilines is 1. The van der Waals surface area contributed by atoms with Crippen LogP contribution in [0.1, 0.15) is 38.1 Å². The smallest absolute Gasteiger partial charge is 0.282 e. The Labute approximate surface area is 241 Å². The van der Waals surface area contributed by atoms with Crippen molar-refractivity contribution in [3.05, 3.63) is 91.1 Å². The van der Waals surface area contributed by atoms with Crippen LogP contribution in [0.5, 0.6) is 11.5 Å². The second kappa shape index (κ2) is 12.5. The summed E-state index contributed by atoms with van der Waals surface area (Å²) in [4.78, 5) is 30.3. The highest BCUT2D eigenvalue weighted by molar-refractivity contribution is 9.10. The van der Waals surface area contributed by atoms with Gasteiger partial charge < -0.3 is 14.8 Å². The van der Waals surface area contributed by atoms with E-state index in [0.717, 1.165) is 4.47 Å². The maximum Gasteiger partial charge on any atom is 0.282 e. The molecule has 0 saturated heterocycles. The minimum atomic E-state index is -0.458. The summed E-state index contributed by atoms with van der Waals surface area (Å²) in [5, 5.41) is 7.51. The zero-order chi connectivity index (χ0) is 28.1. The average molecular weight is 660 g/mol. The number of carbonyl (C=O) groups is 1. The highest BCUT2D eigenvalue weighted by atomic mass is 79.9. The van der Waals surface area contributed by atoms with Gasteiger partial charge in [0.25, 0.3) is 11.5 Å². The van der Waals surface area contributed by atoms with Gasteiger partial charge in [0, 0.05) is 26.1 Å². The molecule has 11 heteroatoms. The molecule has 0 bridgehead atoms. The molecular weight excluding hydrogens is 635 g/mol. The quantitative estimate of drug-likeness (QED) is 0.208. The van der Waals surface area contributed by atoms with Crippen molar-refractivity contribution in [1.82, 2.24) is 9.66 Å². The van der Waals surface area contributed by atoms with Crippen LogP contribution in [0.15, 0.2) is 73.4 Å². The van der Waals surface area contributed by atoms with E-state index in [4.69, 9.17) is 9.47 Å². The summed E-state index contributed by atoms with van der Waals surface area (Å²) in [5.41, 5.74) is 1.26. The number of benzene rings is 3. The number of nitrogens with one attached hydrogen (secondary N) is 1. The molecule has 202 valence electrons. The number of halogens is 3. The minimum Gasteiger partial charge on any atom is -0.490 e. The van der Waals surface area contributed by atoms with Gasteiger partial charge in [-0.05, 0) is 71.4 Å². The van der Waals surface area contributed by atoms with Crippen molar-refractivity contribution in [2.45, 2.75) is 26.7 Å². The molecule has 8 nitrogen and oxygen atoms in total. The van der Waals surface area contributed by atoms with Gasteiger partial charge in [0.2, 0.25) is 0 Å². The Morgan fingerprint density at radius 2 is 1.90 bits per heavy atom. The zero-order valence-electron chi connectivity index (χ0n) is 21.4. The maximum absolute atomic E-state index is 13.4. The van der Waals surface area contributed by atoms with Crippen LogP contribution in [-0.4, -0.2) is 35.0 Å². The lowest BCUT2D eigenvalue weighted by Gasteiger charge is -2.14. The molecule has 1 amide bonds. The van der Waals surface area contributed by atoms with Crippen molar-refractivity contribution in [3.63, 3.8) is 0 Å². The van der Waals surface area contributed by atoms with Gasteiger partial charge in [-0.25, -0.2) is 9.37 Å². The van der Waals surface area contributed by atoms with E-state index in [1.165, 1.54) is 29.1 Å². The van der Waals surface area contributed by atoms with Crippen LogP contribution in [0.25, 0.3) is 10.9 Å². The number of ether oxygens (including phenoxy) is 2. The summed E-state index contributed by atoms with van der Waals surface area (Å²) in [6, 6.07) is 14.3. The molecular formula is C28H25Br2FN4O4. The number of rotatable bonds is 9. The monoisotopic (exact) mass is 658 g/mol. The van der Waals surface area contributed by atoms with E-state index in [2.05, 4.69) is 47.3 Å². The lowest BCUT2D eigenvalue weighted by molar-refractivity contribution is -0.118. The summed E-state index contributed by atoms with van der Waals surface area (Å²) in [7, 11) is 0. The molecule has 0 aliphatic heterocycles. The van der Waals surface area contributed by atoms with Crippen molar-refractivity contribution in [1.29, 1.82) is 0 Å². The molecule has 0 aliphatic rings. The van der Waals surface area contributed by atoms with Crippen LogP contribution in [0, 0.1) is 5.82 Å². The third-order valence-corrected chi connectivity index (χ3v) is 6.67. The van der Waals surface area contributed by atoms with Crippen LogP contribution in [0.3, 0.4) is 0 Å². The lowest BCUT2D eigenvalue weighted by atomic mass is 10.2. The van der Waals surface area contributed by atoms with E-state index in [9.17, 15) is 14.0 Å². The molecule has 0 aliphatic carbocycles. The fourth-order valence-corrected chi connectivity index (χ4v) is 4.49. The highest BCUT2D eigenvalue weighted by Gasteiger charge is 2.16. The SMILES string of the molecule is CCOc1cc(C=Nn2c(C(C)C)nc3ccc(Br)cc3c2=O)c(Br)cc1OCC(=O)Nc1cccc(F)c1. The van der Waals surface area contributed by atoms with E-state index in [0.29, 0.717) is 50.6 Å². The standard InChI is InChI=1S/C28H25Br2FN4O4/c1-4-38-24-10-17(22(30)13-25(24)39-15-26(36)33-20-7-5-6-19(31)12-20)14-32-35-27(16(2)3)34-23-9-8-18(29)11-21(23)28(35)37/h5-14,16H,4,15H2,1-3H3,(H,33,36). The van der Waals surface area contributed by atoms with Crippen molar-refractivity contribution in [3.8, 4) is 11.5 Å². The van der Waals surface area contributed by atoms with E-state index in [-0.39, 0.29) is 18.1 Å². The number of hydrogen-bond acceptors (Lipinski definition) is 6. The van der Waals surface area contributed by atoms with Crippen molar-refractivity contribution in [2.75, 3.05) is 18.5 Å². The summed E-state index contributed by atoms with van der Waals surface area (Å²) >= 11 is 6.92. The Morgan fingerprint density at radius 1 is 1.13 bits per heavy atom. The summed E-state index contributed by atoms with van der Waals surface area (Å²) in [5.74, 6) is 0.269. The van der Waals surface area contributed by atoms with Crippen molar-refractivity contribution in [2.24, 2.45) is 5.10 Å². The number of nitrogens with zero attached hydrogens (tertiary/aromatic N) is 3. The summed E-state index contributed by atoms with van der Waals surface area (Å²) < 4.78 is 27.5. The van der Waals surface area contributed by atoms with E-state index >= 15 is 0 Å². The van der Waals surface area contributed by atoms with Gasteiger partial charge in [-0.15, -0.1) is 0 Å². The molecule has 1 heterocycles. The average Bonchev–Trinajstić information content (AvgIpc) is 2.89. The van der Waals surface area contributed by atoms with Crippen LogP contribution >= 0.6 is 31.9 Å². The molecule has 3 aromatic carbocycles. The Kier molecular flexibility index (Phi) is 9.13. The second-order valence-corrected chi connectivity index (χ2v) is 10.5. The fraction of sp³-hybridized carbons (Fsp3) is 0.214. The first-order chi connectivity index (χ1) is 18.7. The van der Waals surface area contributed by atoms with Crippen molar-refractivity contribution < 1.29 is 18.7 Å².